The Balaban J connectivity index is 1.64. The molecule has 0 atom stereocenters. The highest BCUT2D eigenvalue weighted by atomic mass is 16.6. The summed E-state index contributed by atoms with van der Waals surface area (Å²) in [5.41, 5.74) is 4.19. The van der Waals surface area contributed by atoms with E-state index < -0.39 is 4.92 Å². The summed E-state index contributed by atoms with van der Waals surface area (Å²) in [6.07, 6.45) is 2.95. The zero-order chi connectivity index (χ0) is 19.4. The number of nitrogens with zero attached hydrogens (tertiary/aromatic N) is 3. The second-order valence-electron chi connectivity index (χ2n) is 6.68. The summed E-state index contributed by atoms with van der Waals surface area (Å²) < 4.78 is 0. The number of hydrogen-bond donors (Lipinski definition) is 0. The molecule has 2 aromatic rings. The van der Waals surface area contributed by atoms with E-state index >= 15 is 0 Å². The number of para-hydroxylation sites is 1. The molecule has 0 unspecified atom stereocenters. The molecule has 6 heteroatoms. The van der Waals surface area contributed by atoms with Gasteiger partial charge in [-0.1, -0.05) is 24.3 Å². The molecule has 0 radical (unpaired) electrons. The maximum Gasteiger partial charge on any atom is 0.276 e. The summed E-state index contributed by atoms with van der Waals surface area (Å²) in [6, 6.07) is 12.7. The molecule has 3 rings (SSSR count). The van der Waals surface area contributed by atoms with E-state index in [4.69, 9.17) is 0 Å². The third kappa shape index (κ3) is 4.16. The lowest BCUT2D eigenvalue weighted by Gasteiger charge is -2.36. The first kappa shape index (κ1) is 18.6. The average molecular weight is 365 g/mol. The van der Waals surface area contributed by atoms with Crippen LogP contribution in [0.15, 0.2) is 48.5 Å². The van der Waals surface area contributed by atoms with Gasteiger partial charge in [0.2, 0.25) is 5.91 Å². The first-order chi connectivity index (χ1) is 13.0. The molecule has 27 heavy (non-hydrogen) atoms. The second kappa shape index (κ2) is 8.03. The maximum atomic E-state index is 12.5. The number of hydrogen-bond acceptors (Lipinski definition) is 4. The van der Waals surface area contributed by atoms with E-state index in [9.17, 15) is 14.9 Å². The zero-order valence-electron chi connectivity index (χ0n) is 15.6. The van der Waals surface area contributed by atoms with Crippen LogP contribution in [-0.2, 0) is 4.79 Å². The van der Waals surface area contributed by atoms with Gasteiger partial charge in [0.1, 0.15) is 0 Å². The predicted molar refractivity (Wildman–Crippen MR) is 107 cm³/mol. The van der Waals surface area contributed by atoms with Gasteiger partial charge in [-0.05, 0) is 43.2 Å². The molecule has 1 aliphatic rings. The number of aryl methyl sites for hydroxylation is 1. The fourth-order valence-electron chi connectivity index (χ4n) is 3.31. The van der Waals surface area contributed by atoms with Gasteiger partial charge >= 0.3 is 0 Å². The van der Waals surface area contributed by atoms with E-state index in [1.807, 2.05) is 0 Å². The molecule has 6 nitrogen and oxygen atoms in total. The van der Waals surface area contributed by atoms with Crippen LogP contribution in [0.5, 0.6) is 0 Å². The first-order valence-corrected chi connectivity index (χ1v) is 8.99. The largest absolute Gasteiger partial charge is 0.368 e. The van der Waals surface area contributed by atoms with Gasteiger partial charge in [-0.25, -0.2) is 0 Å². The summed E-state index contributed by atoms with van der Waals surface area (Å²) in [6.45, 7) is 7.04. The molecule has 0 spiro atoms. The summed E-state index contributed by atoms with van der Waals surface area (Å²) in [7, 11) is 0. The van der Waals surface area contributed by atoms with Gasteiger partial charge in [0.15, 0.2) is 0 Å². The third-order valence-corrected chi connectivity index (χ3v) is 5.05. The number of nitro groups is 1. The molecule has 1 fully saturated rings. The summed E-state index contributed by atoms with van der Waals surface area (Å²) >= 11 is 0. The van der Waals surface area contributed by atoms with Crippen LogP contribution in [0.1, 0.15) is 16.7 Å². The average Bonchev–Trinajstić information content (AvgIpc) is 2.68. The Hall–Kier alpha value is -3.15. The van der Waals surface area contributed by atoms with Crippen molar-refractivity contribution in [3.63, 3.8) is 0 Å². The van der Waals surface area contributed by atoms with Crippen LogP contribution in [-0.4, -0.2) is 41.9 Å². The highest BCUT2D eigenvalue weighted by Crippen LogP contribution is 2.24. The molecule has 0 N–H and O–H groups in total. The molecule has 140 valence electrons. The molecular weight excluding hydrogens is 342 g/mol. The van der Waals surface area contributed by atoms with Crippen LogP contribution in [0.25, 0.3) is 6.08 Å². The van der Waals surface area contributed by atoms with Crippen LogP contribution < -0.4 is 4.90 Å². The number of rotatable bonds is 4. The summed E-state index contributed by atoms with van der Waals surface area (Å²) in [5, 5.41) is 11.1. The predicted octanol–water partition coefficient (Wildman–Crippen LogP) is 3.57. The Bertz CT molecular complexity index is 884. The van der Waals surface area contributed by atoms with Crippen molar-refractivity contribution in [1.82, 2.24) is 4.90 Å². The van der Waals surface area contributed by atoms with Crippen LogP contribution in [0.3, 0.4) is 0 Å². The topological polar surface area (TPSA) is 66.7 Å². The Morgan fingerprint density at radius 1 is 1.04 bits per heavy atom. The van der Waals surface area contributed by atoms with Crippen molar-refractivity contribution >= 4 is 23.4 Å². The van der Waals surface area contributed by atoms with Crippen molar-refractivity contribution in [3.05, 3.63) is 75.3 Å². The molecule has 1 aliphatic heterocycles. The number of carbonyl (C=O) groups is 1. The molecule has 1 amide bonds. The normalized spacial score (nSPS) is 14.6. The van der Waals surface area contributed by atoms with Gasteiger partial charge in [-0.3, -0.25) is 14.9 Å². The van der Waals surface area contributed by atoms with Crippen molar-refractivity contribution in [2.75, 3.05) is 31.1 Å². The smallest absolute Gasteiger partial charge is 0.276 e. The molecule has 0 bridgehead atoms. The standard InChI is InChI=1S/C21H23N3O3/c1-16-6-5-9-19(17(16)2)22-12-14-23(15-13-22)21(25)11-10-18-7-3-4-8-20(18)24(26)27/h3-11H,12-15H2,1-2H3/b11-10+. The molecule has 0 aromatic heterocycles. The lowest BCUT2D eigenvalue weighted by Crippen LogP contribution is -2.48. The number of benzene rings is 2. The first-order valence-electron chi connectivity index (χ1n) is 8.99. The molecular formula is C21H23N3O3. The SMILES string of the molecule is Cc1cccc(N2CCN(C(=O)/C=C/c3ccccc3[N+](=O)[O-])CC2)c1C. The van der Waals surface area contributed by atoms with E-state index in [1.165, 1.54) is 35.0 Å². The number of nitro benzene ring substituents is 1. The van der Waals surface area contributed by atoms with Crippen LogP contribution >= 0.6 is 0 Å². The fraction of sp³-hybridized carbons (Fsp3) is 0.286. The highest BCUT2D eigenvalue weighted by molar-refractivity contribution is 5.92. The third-order valence-electron chi connectivity index (χ3n) is 5.05. The minimum atomic E-state index is -0.437. The molecule has 1 heterocycles. The maximum absolute atomic E-state index is 12.5. The lowest BCUT2D eigenvalue weighted by atomic mass is 10.1. The van der Waals surface area contributed by atoms with Gasteiger partial charge in [0.25, 0.3) is 5.69 Å². The van der Waals surface area contributed by atoms with Gasteiger partial charge in [-0.15, -0.1) is 0 Å². The number of anilines is 1. The van der Waals surface area contributed by atoms with Gasteiger partial charge in [0.05, 0.1) is 10.5 Å². The van der Waals surface area contributed by atoms with E-state index in [0.717, 1.165) is 13.1 Å². The second-order valence-corrected chi connectivity index (χ2v) is 6.68. The molecule has 0 saturated carbocycles. The van der Waals surface area contributed by atoms with Crippen LogP contribution in [0.2, 0.25) is 0 Å². The molecule has 2 aromatic carbocycles. The quantitative estimate of drug-likeness (QED) is 0.472. The van der Waals surface area contributed by atoms with Crippen molar-refractivity contribution in [2.24, 2.45) is 0 Å². The van der Waals surface area contributed by atoms with Crippen molar-refractivity contribution < 1.29 is 9.72 Å². The van der Waals surface area contributed by atoms with E-state index in [0.29, 0.717) is 18.7 Å². The fourth-order valence-corrected chi connectivity index (χ4v) is 3.31. The molecule has 1 saturated heterocycles. The number of amides is 1. The summed E-state index contributed by atoms with van der Waals surface area (Å²) in [4.78, 5) is 27.2. The Labute approximate surface area is 158 Å². The minimum absolute atomic E-state index is 0.00120. The van der Waals surface area contributed by atoms with Crippen LogP contribution in [0, 0.1) is 24.0 Å². The minimum Gasteiger partial charge on any atom is -0.368 e. The highest BCUT2D eigenvalue weighted by Gasteiger charge is 2.21. The zero-order valence-corrected chi connectivity index (χ0v) is 15.6. The lowest BCUT2D eigenvalue weighted by molar-refractivity contribution is -0.385. The van der Waals surface area contributed by atoms with E-state index in [1.54, 1.807) is 23.1 Å². The molecule has 0 aliphatic carbocycles. The van der Waals surface area contributed by atoms with Crippen molar-refractivity contribution in [1.29, 1.82) is 0 Å². The van der Waals surface area contributed by atoms with E-state index in [2.05, 4.69) is 36.9 Å². The van der Waals surface area contributed by atoms with Crippen molar-refractivity contribution in [2.45, 2.75) is 13.8 Å². The Morgan fingerprint density at radius 3 is 2.44 bits per heavy atom. The Kier molecular flexibility index (Phi) is 5.54. The van der Waals surface area contributed by atoms with E-state index in [-0.39, 0.29) is 11.6 Å². The summed E-state index contributed by atoms with van der Waals surface area (Å²) in [5.74, 6) is -0.117. The van der Waals surface area contributed by atoms with Crippen LogP contribution in [0.4, 0.5) is 11.4 Å². The Morgan fingerprint density at radius 2 is 1.74 bits per heavy atom. The van der Waals surface area contributed by atoms with Gasteiger partial charge in [0, 0.05) is 44.0 Å². The number of carbonyl (C=O) groups excluding carboxylic acids is 1. The number of piperazine rings is 1. The van der Waals surface area contributed by atoms with Crippen molar-refractivity contribution in [3.8, 4) is 0 Å². The van der Waals surface area contributed by atoms with Gasteiger partial charge in [-0.2, -0.15) is 0 Å². The monoisotopic (exact) mass is 365 g/mol. The van der Waals surface area contributed by atoms with Gasteiger partial charge < -0.3 is 9.80 Å².